The van der Waals surface area contributed by atoms with Crippen molar-refractivity contribution in [3.63, 3.8) is 0 Å². The van der Waals surface area contributed by atoms with Gasteiger partial charge in [0.05, 0.1) is 23.5 Å². The Bertz CT molecular complexity index is 9400. The van der Waals surface area contributed by atoms with E-state index in [4.69, 9.17) is 4.74 Å². The molecule has 1 aliphatic heterocycles. The molecule has 31 aromatic carbocycles. The first-order chi connectivity index (χ1) is 51.6. The molecule has 1 heterocycles. The maximum absolute atomic E-state index is 10.0. The highest BCUT2D eigenvalue weighted by atomic mass is 16.5. The number of allylic oxidation sites excluding steroid dienone is 10. The fourth-order valence-corrected chi connectivity index (χ4v) is 29.6. The number of benzene rings is 21. The highest BCUT2D eigenvalue weighted by Gasteiger charge is 2.76. The van der Waals surface area contributed by atoms with Gasteiger partial charge in [0.25, 0.3) is 0 Å². The van der Waals surface area contributed by atoms with Crippen LogP contribution in [-0.4, -0.2) is 18.1 Å². The number of rotatable bonds is 8. The van der Waals surface area contributed by atoms with Gasteiger partial charge in [-0.15, -0.1) is 0 Å². The zero-order valence-electron chi connectivity index (χ0n) is 54.6. The van der Waals surface area contributed by atoms with Crippen LogP contribution in [0, 0.1) is 46.3 Å². The van der Waals surface area contributed by atoms with Crippen molar-refractivity contribution in [2.24, 2.45) is 0 Å². The summed E-state index contributed by atoms with van der Waals surface area (Å²) < 4.78 is 6.37. The van der Waals surface area contributed by atoms with E-state index < -0.39 is 10.8 Å². The van der Waals surface area contributed by atoms with Gasteiger partial charge >= 0.3 is 0 Å². The molecular formula is C100H31N3O. The molecule has 0 radical (unpaired) electrons. The van der Waals surface area contributed by atoms with E-state index in [9.17, 15) is 10.5 Å². The molecule has 1 fully saturated rings. The molecule has 4 nitrogen and oxygen atoms in total. The van der Waals surface area contributed by atoms with Crippen molar-refractivity contribution in [2.45, 2.75) is 36.8 Å². The molecule has 1 saturated heterocycles. The lowest BCUT2D eigenvalue weighted by atomic mass is 9.47. The second-order valence-corrected chi connectivity index (χ2v) is 33.7. The summed E-state index contributed by atoms with van der Waals surface area (Å²) in [6.07, 6.45) is 14.7. The van der Waals surface area contributed by atoms with Gasteiger partial charge in [0, 0.05) is 29.8 Å². The van der Waals surface area contributed by atoms with Crippen LogP contribution < -0.4 is 4.74 Å². The standard InChI is InChI=1S/C100H31N3O/c1-2-25-104-38-23-17-34(18-24-38)29-103-30-99-94-86-78-68-58-50-42-40-41-44-48-46(42)54-62-56(48)66-60-52(44)53-45(41)49-47-43(40)51(50)59-65-55(47)63-57(49)67-61(53)71-70(60)82-76(66)84-74(62)80(72(78)64(54)58)88(94)90(84)96-92(82)93-83(71)77(67)85-75(63)81-73(65)79(69(59)68)87(86)95(99)89(81)91(85)97(93)100(96,99)98(103)36-21-15-32(16-22-36)10-8-7-9-31-13-19-35(20-14-31)39(37(27-101)28-102)26-33-11-5-3-4-6-12-33/h3-6,11-24,26,98H,2,25,29-30H2,1H3. The lowest BCUT2D eigenvalue weighted by molar-refractivity contribution is 0.218. The average molecular weight is 1290 g/mol. The van der Waals surface area contributed by atoms with Crippen molar-refractivity contribution in [1.29, 1.82) is 10.5 Å². The molecule has 4 heteroatoms. The molecule has 0 amide bonds. The predicted molar refractivity (Wildman–Crippen MR) is 430 cm³/mol. The predicted octanol–water partition coefficient (Wildman–Crippen LogP) is 24.2. The average Bonchev–Trinajstić information content (AvgIpc) is 1.38. The van der Waals surface area contributed by atoms with Crippen LogP contribution >= 0.6 is 0 Å². The summed E-state index contributed by atoms with van der Waals surface area (Å²) in [7, 11) is 0. The van der Waals surface area contributed by atoms with Crippen molar-refractivity contribution in [2.75, 3.05) is 13.2 Å². The first-order valence-corrected chi connectivity index (χ1v) is 37.4. The quantitative estimate of drug-likeness (QED) is 0.0864. The third-order valence-electron chi connectivity index (χ3n) is 31.2. The normalized spacial score (nSPS) is 19.9. The molecule has 104 heavy (non-hydrogen) atoms. The van der Waals surface area contributed by atoms with Crippen molar-refractivity contribution < 1.29 is 4.74 Å². The van der Waals surface area contributed by atoms with Crippen LogP contribution in [0.2, 0.25) is 0 Å². The summed E-state index contributed by atoms with van der Waals surface area (Å²) in [6.45, 7) is 4.59. The molecule has 452 valence electrons. The molecule has 0 saturated carbocycles. The monoisotopic (exact) mass is 1290 g/mol. The van der Waals surface area contributed by atoms with Crippen LogP contribution in [0.3, 0.4) is 0 Å². The summed E-state index contributed by atoms with van der Waals surface area (Å²) in [5.41, 5.74) is 12.5. The third-order valence-corrected chi connectivity index (χ3v) is 31.2. The Kier molecular flexibility index (Phi) is 5.64. The molecule has 2 spiro atoms. The lowest BCUT2D eigenvalue weighted by Crippen LogP contribution is -2.51. The molecule has 37 rings (SSSR count). The summed E-state index contributed by atoms with van der Waals surface area (Å²) in [4.78, 5) is 3.06. The van der Waals surface area contributed by atoms with Gasteiger partial charge in [-0.2, -0.15) is 10.5 Å². The molecule has 6 aliphatic rings. The van der Waals surface area contributed by atoms with E-state index in [1.807, 2.05) is 66.8 Å². The number of hydrogen-bond donors (Lipinski definition) is 0. The fraction of sp³-hybridized carbons (Fsp3) is 0.0800. The zero-order valence-corrected chi connectivity index (χ0v) is 54.6. The van der Waals surface area contributed by atoms with Crippen molar-refractivity contribution in [3.8, 4) is 41.6 Å². The Morgan fingerprint density at radius 2 is 0.712 bits per heavy atom. The van der Waals surface area contributed by atoms with Gasteiger partial charge in [-0.25, -0.2) is 0 Å². The molecule has 31 aromatic rings. The summed E-state index contributed by atoms with van der Waals surface area (Å²) in [5.74, 6) is 14.4. The smallest absolute Gasteiger partial charge is 0.137 e. The highest BCUT2D eigenvalue weighted by molar-refractivity contribution is 6.82. The maximum atomic E-state index is 10.0. The van der Waals surface area contributed by atoms with Crippen molar-refractivity contribution in [3.05, 3.63) is 177 Å². The Balaban J connectivity index is 0.704. The van der Waals surface area contributed by atoms with Crippen LogP contribution in [0.1, 0.15) is 69.5 Å². The Morgan fingerprint density at radius 3 is 1.04 bits per heavy atom. The molecule has 0 N–H and O–H groups in total. The van der Waals surface area contributed by atoms with Crippen LogP contribution in [0.15, 0.2) is 126 Å². The largest absolute Gasteiger partial charge is 0.494 e. The molecule has 5 aliphatic carbocycles. The lowest BCUT2D eigenvalue weighted by Gasteiger charge is -2.52. The maximum Gasteiger partial charge on any atom is 0.137 e. The molecule has 0 bridgehead atoms. The van der Waals surface area contributed by atoms with Gasteiger partial charge in [0.2, 0.25) is 0 Å². The van der Waals surface area contributed by atoms with Gasteiger partial charge in [-0.05, 0) is 396 Å². The number of nitrogens with zero attached hydrogens (tertiary/aromatic N) is 3. The second-order valence-electron chi connectivity index (χ2n) is 33.7. The fourth-order valence-electron chi connectivity index (χ4n) is 29.6. The molecular weight excluding hydrogens is 1260 g/mol. The van der Waals surface area contributed by atoms with Gasteiger partial charge in [-0.3, -0.25) is 4.90 Å². The minimum absolute atomic E-state index is 0.0628. The van der Waals surface area contributed by atoms with E-state index in [2.05, 4.69) is 96.2 Å². The minimum Gasteiger partial charge on any atom is -0.494 e. The first-order valence-electron chi connectivity index (χ1n) is 37.4. The molecule has 1 atom stereocenters. The van der Waals surface area contributed by atoms with E-state index in [1.165, 1.54) is 11.1 Å². The second kappa shape index (κ2) is 12.7. The van der Waals surface area contributed by atoms with Gasteiger partial charge in [0.1, 0.15) is 23.5 Å². The Morgan fingerprint density at radius 1 is 0.394 bits per heavy atom. The van der Waals surface area contributed by atoms with E-state index in [1.54, 1.807) is 313 Å². The van der Waals surface area contributed by atoms with E-state index >= 15 is 0 Å². The van der Waals surface area contributed by atoms with Crippen LogP contribution in [0.5, 0.6) is 5.75 Å². The van der Waals surface area contributed by atoms with Crippen molar-refractivity contribution >= 4 is 296 Å². The number of ether oxygens (including phenoxy) is 1. The van der Waals surface area contributed by atoms with Crippen molar-refractivity contribution in [1.82, 2.24) is 4.90 Å². The van der Waals surface area contributed by atoms with E-state index in [0.29, 0.717) is 12.2 Å². The minimum atomic E-state index is -0.532. The Hall–Kier alpha value is -13.3. The van der Waals surface area contributed by atoms with Crippen LogP contribution in [0.4, 0.5) is 0 Å². The first kappa shape index (κ1) is 46.2. The number of nitriles is 2. The SMILES string of the molecule is CCCOc1ccc(CN2CC34c5c6c7c8c9c%10c(c%11c%12c3c3c5c5c%13c6c6c7c7c9c9c%14c%10c%10c%11c%11c%12c%12c3c3c5c5c%13c%13c6c6c7c9c7c9c%14c%10c%10c%11c%11c%12c3c3c5c5c%13c6c7c6c9c%10c%11c3c56)C84C2c2ccc(C#CC#Cc3ccc(C(C=C4C=CC=CC=C4)=C(C#N)C#N)cc3)cc2)cc1. The highest BCUT2D eigenvalue weighted by Crippen LogP contribution is 2.87. The zero-order chi connectivity index (χ0) is 65.1. The Labute approximate surface area is 580 Å². The van der Waals surface area contributed by atoms with Gasteiger partial charge in [0.15, 0.2) is 0 Å². The summed E-state index contributed by atoms with van der Waals surface area (Å²) >= 11 is 0. The van der Waals surface area contributed by atoms with Crippen LogP contribution in [-0.2, 0) is 17.4 Å². The summed E-state index contributed by atoms with van der Waals surface area (Å²) in [5, 5.41) is 108. The summed E-state index contributed by atoms with van der Waals surface area (Å²) in [6, 6.07) is 30.9. The van der Waals surface area contributed by atoms with Crippen LogP contribution in [0.25, 0.3) is 296 Å². The van der Waals surface area contributed by atoms with E-state index in [-0.39, 0.29) is 11.6 Å². The van der Waals surface area contributed by atoms with E-state index in [0.717, 1.165) is 47.5 Å². The number of likely N-dealkylation sites (tertiary alicyclic amines) is 1. The molecule has 1 unspecified atom stereocenters. The molecule has 0 aromatic heterocycles. The number of hydrogen-bond acceptors (Lipinski definition) is 4. The third kappa shape index (κ3) is 3.39. The topological polar surface area (TPSA) is 60.0 Å². The van der Waals surface area contributed by atoms with Gasteiger partial charge < -0.3 is 4.74 Å². The van der Waals surface area contributed by atoms with Gasteiger partial charge in [-0.1, -0.05) is 91.6 Å².